The average Bonchev–Trinajstić information content (AvgIpc) is 2.76. The van der Waals surface area contributed by atoms with E-state index >= 15 is 0 Å². The molecule has 0 aromatic heterocycles. The molecule has 14 heteroatoms. The molecule has 0 fully saturated rings. The van der Waals surface area contributed by atoms with E-state index in [2.05, 4.69) is 19.6 Å². The molecule has 3 N–H and O–H groups in total. The van der Waals surface area contributed by atoms with E-state index in [-0.39, 0.29) is 44.3 Å². The Balaban J connectivity index is 1.88. The third-order valence-electron chi connectivity index (χ3n) is 4.22. The molecule has 0 aliphatic heterocycles. The third-order valence-corrected chi connectivity index (χ3v) is 7.63. The van der Waals surface area contributed by atoms with Gasteiger partial charge in [0.1, 0.15) is 10.6 Å². The summed E-state index contributed by atoms with van der Waals surface area (Å²) in [6, 6.07) is 12.4. The normalized spacial score (nSPS) is 12.6. The Labute approximate surface area is 187 Å². The maximum atomic E-state index is 12.2. The Bertz CT molecular complexity index is 1360. The van der Waals surface area contributed by atoms with Gasteiger partial charge in [0.15, 0.2) is 15.6 Å². The summed E-state index contributed by atoms with van der Waals surface area (Å²) in [5.74, 6) is -0.588. The quantitative estimate of drug-likeness (QED) is 0.0971. The molecule has 3 aromatic rings. The first-order valence-electron chi connectivity index (χ1n) is 8.70. The number of nitrogens with zero attached hydrogens (tertiary/aromatic N) is 2. The predicted molar refractivity (Wildman–Crippen MR) is 115 cm³/mol. The summed E-state index contributed by atoms with van der Waals surface area (Å²) < 4.78 is 61.6. The molecule has 0 bridgehead atoms. The molecule has 32 heavy (non-hydrogen) atoms. The number of azo groups is 1. The summed E-state index contributed by atoms with van der Waals surface area (Å²) in [6.07, 6.45) is 0. The molecule has 3 rings (SSSR count). The number of fused-ring (bicyclic) bond motifs is 1. The van der Waals surface area contributed by atoms with Crippen LogP contribution < -0.4 is 0 Å². The van der Waals surface area contributed by atoms with Crippen molar-refractivity contribution >= 4 is 54.1 Å². The number of hydrogen-bond donors (Lipinski definition) is 3. The summed E-state index contributed by atoms with van der Waals surface area (Å²) in [7, 11) is -8.22. The average molecular weight is 501 g/mol. The molecule has 0 aliphatic carbocycles. The van der Waals surface area contributed by atoms with Crippen molar-refractivity contribution in [3.63, 3.8) is 0 Å². The van der Waals surface area contributed by atoms with Gasteiger partial charge in [0.2, 0.25) is 0 Å². The molecule has 0 amide bonds. The van der Waals surface area contributed by atoms with E-state index in [0.717, 1.165) is 6.07 Å². The lowest BCUT2D eigenvalue weighted by molar-refractivity contribution is -0.432. The zero-order valence-electron chi connectivity index (χ0n) is 16.0. The number of phenolic OH excluding ortho intramolecular Hbond substituents is 1. The fourth-order valence-electron chi connectivity index (χ4n) is 2.75. The second-order valence-corrected chi connectivity index (χ2v) is 10.5. The van der Waals surface area contributed by atoms with Crippen LogP contribution in [0, 0.1) is 0 Å². The van der Waals surface area contributed by atoms with Gasteiger partial charge in [-0.05, 0) is 30.3 Å². The van der Waals surface area contributed by atoms with E-state index in [4.69, 9.17) is 5.26 Å². The van der Waals surface area contributed by atoms with Crippen LogP contribution in [-0.4, -0.2) is 43.3 Å². The predicted octanol–water partition coefficient (Wildman–Crippen LogP) is 4.05. The van der Waals surface area contributed by atoms with E-state index in [1.54, 1.807) is 12.1 Å². The van der Waals surface area contributed by atoms with Crippen LogP contribution in [-0.2, 0) is 29.3 Å². The summed E-state index contributed by atoms with van der Waals surface area (Å²) in [5.41, 5.74) is 0.0347. The van der Waals surface area contributed by atoms with Gasteiger partial charge in [0.05, 0.1) is 16.3 Å². The summed E-state index contributed by atoms with van der Waals surface area (Å²) in [5, 5.41) is 29.9. The van der Waals surface area contributed by atoms with Crippen molar-refractivity contribution < 1.29 is 41.1 Å². The molecule has 0 saturated carbocycles. The highest BCUT2D eigenvalue weighted by molar-refractivity contribution is 7.97. The summed E-state index contributed by atoms with van der Waals surface area (Å²) in [6.45, 7) is 0. The first kappa shape index (κ1) is 24.1. The van der Waals surface area contributed by atoms with Crippen molar-refractivity contribution in [2.75, 3.05) is 11.5 Å². The molecule has 0 saturated heterocycles. The second-order valence-electron chi connectivity index (χ2n) is 6.24. The van der Waals surface area contributed by atoms with Crippen molar-refractivity contribution in [3.05, 3.63) is 54.6 Å². The Morgan fingerprint density at radius 2 is 1.59 bits per heavy atom. The Kier molecular flexibility index (Phi) is 7.45. The fourth-order valence-corrected chi connectivity index (χ4v) is 5.52. The van der Waals surface area contributed by atoms with Gasteiger partial charge < -0.3 is 5.11 Å². The van der Waals surface area contributed by atoms with Crippen LogP contribution in [0.3, 0.4) is 0 Å². The lowest BCUT2D eigenvalue weighted by Crippen LogP contribution is -2.08. The molecule has 0 radical (unpaired) electrons. The molecule has 0 unspecified atom stereocenters. The fraction of sp³-hybridized carbons (Fsp3) is 0.111. The van der Waals surface area contributed by atoms with Gasteiger partial charge in [-0.25, -0.2) is 13.7 Å². The highest BCUT2D eigenvalue weighted by Crippen LogP contribution is 2.39. The molecule has 11 nitrogen and oxygen atoms in total. The lowest BCUT2D eigenvalue weighted by atomic mass is 10.1. The van der Waals surface area contributed by atoms with Crippen molar-refractivity contribution in [2.24, 2.45) is 10.2 Å². The van der Waals surface area contributed by atoms with Gasteiger partial charge >= 0.3 is 0 Å². The molecular weight excluding hydrogens is 484 g/mol. The number of benzene rings is 3. The van der Waals surface area contributed by atoms with Crippen molar-refractivity contribution in [1.29, 1.82) is 0 Å². The molecule has 0 spiro atoms. The summed E-state index contributed by atoms with van der Waals surface area (Å²) in [4.78, 5) is -0.418. The monoisotopic (exact) mass is 500 g/mol. The zero-order chi connectivity index (χ0) is 23.4. The largest absolute Gasteiger partial charge is 0.505 e. The number of phenols is 1. The first-order chi connectivity index (χ1) is 15.1. The molecule has 0 atom stereocenters. The van der Waals surface area contributed by atoms with Crippen LogP contribution in [0.4, 0.5) is 11.4 Å². The highest BCUT2D eigenvalue weighted by Gasteiger charge is 2.19. The Morgan fingerprint density at radius 1 is 0.938 bits per heavy atom. The van der Waals surface area contributed by atoms with E-state index < -0.39 is 24.9 Å². The van der Waals surface area contributed by atoms with E-state index in [1.165, 1.54) is 36.4 Å². The van der Waals surface area contributed by atoms with E-state index in [0.29, 0.717) is 12.0 Å². The number of sulfone groups is 1. The standard InChI is InChI=1S/C18H16N2O9S3/c21-18-15-4-2-1-3-14(15)17(32(25,26)27)11-16(18)20-19-12-5-7-13(8-6-12)31(23,24)10-9-30-29-28-22/h1-8,11,21-22H,9-10H2,(H,25,26,27)/b20-19+. The van der Waals surface area contributed by atoms with Crippen LogP contribution in [0.2, 0.25) is 0 Å². The summed E-state index contributed by atoms with van der Waals surface area (Å²) >= 11 is 0.619. The van der Waals surface area contributed by atoms with Gasteiger partial charge in [-0.2, -0.15) is 13.5 Å². The van der Waals surface area contributed by atoms with Gasteiger partial charge in [0.25, 0.3) is 10.1 Å². The zero-order valence-corrected chi connectivity index (χ0v) is 18.5. The van der Waals surface area contributed by atoms with E-state index in [1.807, 2.05) is 0 Å². The molecular formula is C18H16N2O9S3. The van der Waals surface area contributed by atoms with Crippen LogP contribution in [0.15, 0.2) is 74.6 Å². The van der Waals surface area contributed by atoms with Gasteiger partial charge in [-0.1, -0.05) is 29.3 Å². The van der Waals surface area contributed by atoms with Gasteiger partial charge in [-0.15, -0.1) is 9.45 Å². The van der Waals surface area contributed by atoms with Crippen molar-refractivity contribution in [1.82, 2.24) is 0 Å². The molecule has 170 valence electrons. The second kappa shape index (κ2) is 9.91. The van der Waals surface area contributed by atoms with E-state index in [9.17, 15) is 26.5 Å². The van der Waals surface area contributed by atoms with Crippen molar-refractivity contribution in [3.8, 4) is 5.75 Å². The maximum Gasteiger partial charge on any atom is 0.295 e. The van der Waals surface area contributed by atoms with Crippen LogP contribution in [0.1, 0.15) is 0 Å². The number of rotatable bonds is 9. The Hall–Kier alpha value is -2.59. The van der Waals surface area contributed by atoms with Gasteiger partial charge in [-0.3, -0.25) is 4.55 Å². The van der Waals surface area contributed by atoms with Crippen molar-refractivity contribution in [2.45, 2.75) is 9.79 Å². The minimum atomic E-state index is -4.60. The first-order valence-corrected chi connectivity index (χ1v) is 12.7. The van der Waals surface area contributed by atoms with Crippen LogP contribution >= 0.6 is 12.0 Å². The maximum absolute atomic E-state index is 12.2. The van der Waals surface area contributed by atoms with Crippen LogP contribution in [0.5, 0.6) is 5.75 Å². The number of hydrogen-bond acceptors (Lipinski definition) is 11. The van der Waals surface area contributed by atoms with Gasteiger partial charge in [0, 0.05) is 28.6 Å². The minimum absolute atomic E-state index is 0.0156. The number of aromatic hydroxyl groups is 1. The molecule has 3 aromatic carbocycles. The molecule has 0 heterocycles. The lowest BCUT2D eigenvalue weighted by Gasteiger charge is -2.08. The topological polar surface area (TPSA) is 172 Å². The minimum Gasteiger partial charge on any atom is -0.505 e. The smallest absolute Gasteiger partial charge is 0.295 e. The Morgan fingerprint density at radius 3 is 2.22 bits per heavy atom. The van der Waals surface area contributed by atoms with Crippen LogP contribution in [0.25, 0.3) is 10.8 Å². The third kappa shape index (κ3) is 5.60. The highest BCUT2D eigenvalue weighted by atomic mass is 32.2. The molecule has 0 aliphatic rings. The SMILES string of the molecule is O=S(=O)(O)c1cc(/N=N/c2ccc(S(=O)(=O)CCSOOO)cc2)c(O)c2ccccc12.